The fourth-order valence-electron chi connectivity index (χ4n) is 2.09. The number of anilines is 2. The molecule has 0 atom stereocenters. The van der Waals surface area contributed by atoms with Gasteiger partial charge in [-0.25, -0.2) is 0 Å². The number of hydrogen-bond donors (Lipinski definition) is 2. The van der Waals surface area contributed by atoms with Crippen LogP contribution in [0.25, 0.3) is 0 Å². The fraction of sp³-hybridized carbons (Fsp3) is 0.385. The number of carbonyl (C=O) groups excluding carboxylic acids is 2. The zero-order valence-electron chi connectivity index (χ0n) is 10.6. The Balaban J connectivity index is 2.16. The molecular weight excluding hydrogens is 230 g/mol. The van der Waals surface area contributed by atoms with Crippen LogP contribution in [0.4, 0.5) is 11.4 Å². The second kappa shape index (κ2) is 4.68. The third-order valence-corrected chi connectivity index (χ3v) is 2.79. The van der Waals surface area contributed by atoms with E-state index < -0.39 is 0 Å². The molecule has 5 nitrogen and oxygen atoms in total. The van der Waals surface area contributed by atoms with Crippen molar-refractivity contribution < 1.29 is 9.59 Å². The van der Waals surface area contributed by atoms with Crippen molar-refractivity contribution in [1.29, 1.82) is 0 Å². The number of nitrogens with two attached hydrogens (primary N) is 1. The predicted octanol–water partition coefficient (Wildman–Crippen LogP) is 0.683. The van der Waals surface area contributed by atoms with Gasteiger partial charge in [-0.2, -0.15) is 0 Å². The van der Waals surface area contributed by atoms with E-state index in [0.717, 1.165) is 11.3 Å². The summed E-state index contributed by atoms with van der Waals surface area (Å²) in [5.41, 5.74) is 7.99. The Morgan fingerprint density at radius 3 is 2.89 bits per heavy atom. The number of nitrogens with zero attached hydrogens (tertiary/aromatic N) is 1. The minimum atomic E-state index is -0.150. The normalized spacial score (nSPS) is 13.9. The van der Waals surface area contributed by atoms with Gasteiger partial charge in [0.1, 0.15) is 6.54 Å². The molecular formula is C13H17N3O2. The number of benzene rings is 1. The maximum absolute atomic E-state index is 11.9. The minimum absolute atomic E-state index is 0.0606. The minimum Gasteiger partial charge on any atom is -0.399 e. The van der Waals surface area contributed by atoms with Gasteiger partial charge in [0.15, 0.2) is 0 Å². The topological polar surface area (TPSA) is 75.4 Å². The summed E-state index contributed by atoms with van der Waals surface area (Å²) in [4.78, 5) is 25.1. The van der Waals surface area contributed by atoms with Crippen LogP contribution in [-0.2, 0) is 16.0 Å². The number of fused-ring (bicyclic) bond motifs is 1. The summed E-state index contributed by atoms with van der Waals surface area (Å²) in [5.74, 6) is -0.211. The van der Waals surface area contributed by atoms with Crippen LogP contribution in [-0.4, -0.2) is 24.4 Å². The molecule has 1 aromatic rings. The van der Waals surface area contributed by atoms with E-state index in [-0.39, 0.29) is 24.4 Å². The summed E-state index contributed by atoms with van der Waals surface area (Å²) in [6.07, 6.45) is 0.315. The third kappa shape index (κ3) is 2.45. The first-order valence-corrected chi connectivity index (χ1v) is 5.95. The van der Waals surface area contributed by atoms with Crippen LogP contribution in [0.1, 0.15) is 19.4 Å². The van der Waals surface area contributed by atoms with Crippen molar-refractivity contribution in [3.8, 4) is 0 Å². The molecule has 1 aliphatic heterocycles. The van der Waals surface area contributed by atoms with Gasteiger partial charge >= 0.3 is 0 Å². The first-order valence-electron chi connectivity index (χ1n) is 5.95. The average Bonchev–Trinajstić information content (AvgIpc) is 2.53. The van der Waals surface area contributed by atoms with Gasteiger partial charge in [-0.05, 0) is 37.6 Å². The largest absolute Gasteiger partial charge is 0.399 e. The Labute approximate surface area is 106 Å². The number of nitrogens with one attached hydrogen (secondary N) is 1. The fourth-order valence-corrected chi connectivity index (χ4v) is 2.09. The van der Waals surface area contributed by atoms with Crippen LogP contribution in [0, 0.1) is 0 Å². The highest BCUT2D eigenvalue weighted by Crippen LogP contribution is 2.30. The number of hydrogen-bond acceptors (Lipinski definition) is 3. The highest BCUT2D eigenvalue weighted by Gasteiger charge is 2.28. The lowest BCUT2D eigenvalue weighted by Gasteiger charge is -2.18. The Kier molecular flexibility index (Phi) is 3.23. The van der Waals surface area contributed by atoms with Crippen LogP contribution in [0.2, 0.25) is 0 Å². The molecule has 1 heterocycles. The van der Waals surface area contributed by atoms with E-state index in [0.29, 0.717) is 12.1 Å². The molecule has 3 N–H and O–H groups in total. The van der Waals surface area contributed by atoms with Gasteiger partial charge < -0.3 is 16.0 Å². The molecule has 5 heteroatoms. The Bertz CT molecular complexity index is 497. The van der Waals surface area contributed by atoms with E-state index in [9.17, 15) is 9.59 Å². The third-order valence-electron chi connectivity index (χ3n) is 2.79. The van der Waals surface area contributed by atoms with Crippen LogP contribution in [0.15, 0.2) is 18.2 Å². The van der Waals surface area contributed by atoms with Crippen LogP contribution in [0.3, 0.4) is 0 Å². The molecule has 0 aromatic heterocycles. The second-order valence-electron chi connectivity index (χ2n) is 4.77. The lowest BCUT2D eigenvalue weighted by atomic mass is 10.1. The molecule has 0 radical (unpaired) electrons. The molecule has 0 saturated carbocycles. The first-order chi connectivity index (χ1) is 8.47. The first kappa shape index (κ1) is 12.4. The molecule has 0 fully saturated rings. The molecule has 1 aliphatic rings. The molecule has 0 spiro atoms. The predicted molar refractivity (Wildman–Crippen MR) is 70.2 cm³/mol. The van der Waals surface area contributed by atoms with Crippen LogP contribution in [0.5, 0.6) is 0 Å². The molecule has 0 aliphatic carbocycles. The SMILES string of the molecule is CC(C)NC(=O)CN1C(=O)Cc2cc(N)ccc21. The Morgan fingerprint density at radius 2 is 2.22 bits per heavy atom. The smallest absolute Gasteiger partial charge is 0.240 e. The maximum atomic E-state index is 11.9. The van der Waals surface area contributed by atoms with Crippen molar-refractivity contribution in [3.05, 3.63) is 23.8 Å². The zero-order chi connectivity index (χ0) is 13.3. The highest BCUT2D eigenvalue weighted by atomic mass is 16.2. The number of rotatable bonds is 3. The van der Waals surface area contributed by atoms with Crippen LogP contribution < -0.4 is 16.0 Å². The number of carbonyl (C=O) groups is 2. The van der Waals surface area contributed by atoms with Crippen molar-refractivity contribution in [2.24, 2.45) is 0 Å². The zero-order valence-corrected chi connectivity index (χ0v) is 10.6. The molecule has 2 amide bonds. The summed E-state index contributed by atoms with van der Waals surface area (Å²) in [6, 6.07) is 5.39. The Hall–Kier alpha value is -2.04. The van der Waals surface area contributed by atoms with E-state index in [1.165, 1.54) is 4.90 Å². The van der Waals surface area contributed by atoms with Gasteiger partial charge in [0.05, 0.1) is 6.42 Å². The summed E-state index contributed by atoms with van der Waals surface area (Å²) < 4.78 is 0. The van der Waals surface area contributed by atoms with Crippen LogP contribution >= 0.6 is 0 Å². The van der Waals surface area contributed by atoms with Gasteiger partial charge in [-0.1, -0.05) is 0 Å². The number of nitrogen functional groups attached to an aromatic ring is 1. The molecule has 2 rings (SSSR count). The maximum Gasteiger partial charge on any atom is 0.240 e. The van der Waals surface area contributed by atoms with Gasteiger partial charge in [0.25, 0.3) is 0 Å². The van der Waals surface area contributed by atoms with Crippen molar-refractivity contribution >= 4 is 23.2 Å². The molecule has 1 aromatic carbocycles. The molecule has 0 unspecified atom stereocenters. The van der Waals surface area contributed by atoms with Crippen molar-refractivity contribution in [2.45, 2.75) is 26.3 Å². The quantitative estimate of drug-likeness (QED) is 0.771. The summed E-state index contributed by atoms with van der Waals surface area (Å²) >= 11 is 0. The van der Waals surface area contributed by atoms with E-state index in [1.54, 1.807) is 18.2 Å². The standard InChI is InChI=1S/C13H17N3O2/c1-8(2)15-12(17)7-16-11-4-3-10(14)5-9(11)6-13(16)18/h3-5,8H,6-7,14H2,1-2H3,(H,15,17). The second-order valence-corrected chi connectivity index (χ2v) is 4.77. The van der Waals surface area contributed by atoms with Crippen molar-refractivity contribution in [3.63, 3.8) is 0 Å². The molecule has 18 heavy (non-hydrogen) atoms. The summed E-state index contributed by atoms with van der Waals surface area (Å²) in [7, 11) is 0. The van der Waals surface area contributed by atoms with E-state index in [1.807, 2.05) is 13.8 Å². The average molecular weight is 247 g/mol. The Morgan fingerprint density at radius 1 is 1.50 bits per heavy atom. The molecule has 96 valence electrons. The van der Waals surface area contributed by atoms with E-state index >= 15 is 0 Å². The lowest BCUT2D eigenvalue weighted by molar-refractivity contribution is -0.123. The number of amides is 2. The summed E-state index contributed by atoms with van der Waals surface area (Å²) in [5, 5.41) is 2.77. The highest BCUT2D eigenvalue weighted by molar-refractivity contribution is 6.05. The van der Waals surface area contributed by atoms with Crippen molar-refractivity contribution in [2.75, 3.05) is 17.2 Å². The van der Waals surface area contributed by atoms with Crippen molar-refractivity contribution in [1.82, 2.24) is 5.32 Å². The van der Waals surface area contributed by atoms with E-state index in [2.05, 4.69) is 5.32 Å². The molecule has 0 bridgehead atoms. The summed E-state index contributed by atoms with van der Waals surface area (Å²) in [6.45, 7) is 3.84. The van der Waals surface area contributed by atoms with Gasteiger partial charge in [-0.15, -0.1) is 0 Å². The van der Waals surface area contributed by atoms with Gasteiger partial charge in [0, 0.05) is 17.4 Å². The van der Waals surface area contributed by atoms with Gasteiger partial charge in [0.2, 0.25) is 11.8 Å². The van der Waals surface area contributed by atoms with E-state index in [4.69, 9.17) is 5.73 Å². The molecule has 0 saturated heterocycles. The van der Waals surface area contributed by atoms with Gasteiger partial charge in [-0.3, -0.25) is 9.59 Å². The monoisotopic (exact) mass is 247 g/mol. The lowest BCUT2D eigenvalue weighted by Crippen LogP contribution is -2.41.